The molecule has 1 aromatic carbocycles. The van der Waals surface area contributed by atoms with Gasteiger partial charge in [0.25, 0.3) is 5.56 Å². The molecular weight excluding hydrogens is 364 g/mol. The molecule has 0 saturated heterocycles. The van der Waals surface area contributed by atoms with Gasteiger partial charge in [0.05, 0.1) is 22.3 Å². The lowest BCUT2D eigenvalue weighted by Gasteiger charge is -2.15. The molecule has 4 rings (SSSR count). The summed E-state index contributed by atoms with van der Waals surface area (Å²) in [4.78, 5) is 17.1. The quantitative estimate of drug-likeness (QED) is 0.547. The molecule has 0 bridgehead atoms. The van der Waals surface area contributed by atoms with Crippen LogP contribution in [0, 0.1) is 18.3 Å². The van der Waals surface area contributed by atoms with Gasteiger partial charge in [-0.05, 0) is 49.1 Å². The van der Waals surface area contributed by atoms with Gasteiger partial charge in [0.1, 0.15) is 11.9 Å². The van der Waals surface area contributed by atoms with Crippen LogP contribution in [0.1, 0.15) is 41.8 Å². The standard InChI is InChI=1S/C22H22N6O/c1-4-14-16(22(29)27-26-17(14)5-2)12-24-20-10-13(3)15(11-23)21-25-18-8-6-7-9-19(18)28(20)21/h6-10,24H,4-5,12H2,1-3H3,(H,27,29). The zero-order valence-corrected chi connectivity index (χ0v) is 16.7. The lowest BCUT2D eigenvalue weighted by Crippen LogP contribution is -2.22. The largest absolute Gasteiger partial charge is 0.367 e. The normalized spacial score (nSPS) is 11.1. The summed E-state index contributed by atoms with van der Waals surface area (Å²) < 4.78 is 1.95. The van der Waals surface area contributed by atoms with E-state index in [1.807, 2.05) is 55.5 Å². The minimum atomic E-state index is -0.177. The van der Waals surface area contributed by atoms with Gasteiger partial charge in [-0.15, -0.1) is 0 Å². The molecule has 0 saturated carbocycles. The third-order valence-corrected chi connectivity index (χ3v) is 5.30. The first-order chi connectivity index (χ1) is 14.1. The number of nitrogens with zero attached hydrogens (tertiary/aromatic N) is 4. The molecule has 7 heteroatoms. The van der Waals surface area contributed by atoms with Crippen molar-refractivity contribution in [2.45, 2.75) is 40.2 Å². The second kappa shape index (κ2) is 7.40. The van der Waals surface area contributed by atoms with Crippen LogP contribution in [0.5, 0.6) is 0 Å². The lowest BCUT2D eigenvalue weighted by atomic mass is 10.0. The molecule has 4 aromatic rings. The predicted octanol–water partition coefficient (Wildman–Crippen LogP) is 3.49. The van der Waals surface area contributed by atoms with Crippen molar-refractivity contribution in [1.82, 2.24) is 19.6 Å². The van der Waals surface area contributed by atoms with Crippen molar-refractivity contribution in [2.75, 3.05) is 5.32 Å². The molecule has 0 aliphatic rings. The molecule has 3 aromatic heterocycles. The highest BCUT2D eigenvalue weighted by atomic mass is 16.1. The second-order valence-electron chi connectivity index (χ2n) is 6.98. The van der Waals surface area contributed by atoms with E-state index < -0.39 is 0 Å². The number of anilines is 1. The third-order valence-electron chi connectivity index (χ3n) is 5.30. The summed E-state index contributed by atoms with van der Waals surface area (Å²) >= 11 is 0. The first-order valence-electron chi connectivity index (χ1n) is 9.73. The summed E-state index contributed by atoms with van der Waals surface area (Å²) in [5.41, 5.74) is 6.16. The van der Waals surface area contributed by atoms with E-state index in [1.54, 1.807) is 0 Å². The van der Waals surface area contributed by atoms with Gasteiger partial charge in [-0.3, -0.25) is 9.20 Å². The Morgan fingerprint density at radius 1 is 1.21 bits per heavy atom. The maximum Gasteiger partial charge on any atom is 0.269 e. The van der Waals surface area contributed by atoms with Crippen molar-refractivity contribution in [3.8, 4) is 6.07 Å². The zero-order valence-electron chi connectivity index (χ0n) is 16.7. The molecule has 0 spiro atoms. The van der Waals surface area contributed by atoms with Gasteiger partial charge in [-0.2, -0.15) is 10.4 Å². The molecule has 0 amide bonds. The second-order valence-corrected chi connectivity index (χ2v) is 6.98. The van der Waals surface area contributed by atoms with E-state index in [2.05, 4.69) is 26.6 Å². The molecule has 2 N–H and O–H groups in total. The lowest BCUT2D eigenvalue weighted by molar-refractivity contribution is 0.825. The van der Waals surface area contributed by atoms with Crippen LogP contribution in [-0.2, 0) is 19.4 Å². The number of hydrogen-bond acceptors (Lipinski definition) is 5. The average Bonchev–Trinajstić information content (AvgIpc) is 3.11. The molecule has 0 fully saturated rings. The number of aryl methyl sites for hydroxylation is 2. The van der Waals surface area contributed by atoms with Crippen molar-refractivity contribution in [2.24, 2.45) is 0 Å². The number of nitriles is 1. The van der Waals surface area contributed by atoms with Crippen LogP contribution in [0.2, 0.25) is 0 Å². The SMILES string of the molecule is CCc1n[nH]c(=O)c(CNc2cc(C)c(C#N)c3nc4ccccc4n23)c1CC. The van der Waals surface area contributed by atoms with E-state index in [1.165, 1.54) is 0 Å². The molecule has 0 atom stereocenters. The summed E-state index contributed by atoms with van der Waals surface area (Å²) in [6, 6.07) is 12.0. The minimum absolute atomic E-state index is 0.177. The molecule has 0 aliphatic heterocycles. The molecule has 3 heterocycles. The highest BCUT2D eigenvalue weighted by molar-refractivity contribution is 5.85. The van der Waals surface area contributed by atoms with Crippen molar-refractivity contribution < 1.29 is 0 Å². The monoisotopic (exact) mass is 386 g/mol. The number of aromatic amines is 1. The number of fused-ring (bicyclic) bond motifs is 3. The number of pyridine rings is 1. The van der Waals surface area contributed by atoms with Crippen LogP contribution in [0.4, 0.5) is 5.82 Å². The van der Waals surface area contributed by atoms with Gasteiger partial charge >= 0.3 is 0 Å². The van der Waals surface area contributed by atoms with E-state index in [-0.39, 0.29) is 5.56 Å². The zero-order chi connectivity index (χ0) is 20.5. The molecule has 7 nitrogen and oxygen atoms in total. The molecule has 0 radical (unpaired) electrons. The van der Waals surface area contributed by atoms with Gasteiger partial charge in [0.15, 0.2) is 5.65 Å². The van der Waals surface area contributed by atoms with Crippen molar-refractivity contribution in [3.05, 3.63) is 68.6 Å². The number of nitrogens with one attached hydrogen (secondary N) is 2. The Bertz CT molecular complexity index is 1330. The smallest absolute Gasteiger partial charge is 0.269 e. The summed E-state index contributed by atoms with van der Waals surface area (Å²) in [7, 11) is 0. The van der Waals surface area contributed by atoms with Gasteiger partial charge in [0.2, 0.25) is 0 Å². The fourth-order valence-electron chi connectivity index (χ4n) is 3.86. The van der Waals surface area contributed by atoms with E-state index in [0.717, 1.165) is 46.5 Å². The number of aromatic nitrogens is 4. The molecule has 0 aliphatic carbocycles. The minimum Gasteiger partial charge on any atom is -0.367 e. The van der Waals surface area contributed by atoms with Crippen molar-refractivity contribution >= 4 is 22.5 Å². The van der Waals surface area contributed by atoms with Crippen molar-refractivity contribution in [1.29, 1.82) is 5.26 Å². The maximum atomic E-state index is 12.5. The highest BCUT2D eigenvalue weighted by Gasteiger charge is 2.16. The highest BCUT2D eigenvalue weighted by Crippen LogP contribution is 2.27. The summed E-state index contributed by atoms with van der Waals surface area (Å²) in [5, 5.41) is 19.8. The number of para-hydroxylation sites is 2. The van der Waals surface area contributed by atoms with E-state index in [4.69, 9.17) is 0 Å². The molecular formula is C22H22N6O. The van der Waals surface area contributed by atoms with Crippen LogP contribution in [0.15, 0.2) is 35.1 Å². The Labute approximate surface area is 168 Å². The van der Waals surface area contributed by atoms with Crippen LogP contribution in [0.3, 0.4) is 0 Å². The Morgan fingerprint density at radius 3 is 2.72 bits per heavy atom. The van der Waals surface area contributed by atoms with E-state index in [9.17, 15) is 10.1 Å². The van der Waals surface area contributed by atoms with Gasteiger partial charge in [-0.1, -0.05) is 26.0 Å². The number of benzene rings is 1. The fraction of sp³-hybridized carbons (Fsp3) is 0.273. The average molecular weight is 386 g/mol. The van der Waals surface area contributed by atoms with Gasteiger partial charge in [0, 0.05) is 12.1 Å². The number of imidazole rings is 1. The van der Waals surface area contributed by atoms with Crippen LogP contribution in [0.25, 0.3) is 16.7 Å². The first kappa shape index (κ1) is 18.7. The molecule has 29 heavy (non-hydrogen) atoms. The Balaban J connectivity index is 1.87. The van der Waals surface area contributed by atoms with Crippen LogP contribution in [-0.4, -0.2) is 19.6 Å². The summed E-state index contributed by atoms with van der Waals surface area (Å²) in [5.74, 6) is 0.793. The maximum absolute atomic E-state index is 12.5. The van der Waals surface area contributed by atoms with Gasteiger partial charge in [-0.25, -0.2) is 10.1 Å². The fourth-order valence-corrected chi connectivity index (χ4v) is 3.86. The Kier molecular flexibility index (Phi) is 4.77. The summed E-state index contributed by atoms with van der Waals surface area (Å²) in [6.07, 6.45) is 1.51. The molecule has 0 unspecified atom stereocenters. The first-order valence-corrected chi connectivity index (χ1v) is 9.73. The van der Waals surface area contributed by atoms with E-state index >= 15 is 0 Å². The Hall–Kier alpha value is -3.66. The third kappa shape index (κ3) is 3.03. The van der Waals surface area contributed by atoms with E-state index in [0.29, 0.717) is 23.3 Å². The molecule has 146 valence electrons. The Morgan fingerprint density at radius 2 is 2.00 bits per heavy atom. The topological polar surface area (TPSA) is 98.9 Å². The van der Waals surface area contributed by atoms with Crippen LogP contribution < -0.4 is 10.9 Å². The number of hydrogen-bond donors (Lipinski definition) is 2. The van der Waals surface area contributed by atoms with Crippen molar-refractivity contribution in [3.63, 3.8) is 0 Å². The van der Waals surface area contributed by atoms with Gasteiger partial charge < -0.3 is 5.32 Å². The summed E-state index contributed by atoms with van der Waals surface area (Å²) in [6.45, 7) is 6.32. The predicted molar refractivity (Wildman–Crippen MR) is 113 cm³/mol. The number of rotatable bonds is 5. The number of H-pyrrole nitrogens is 1. The van der Waals surface area contributed by atoms with Crippen LogP contribution >= 0.6 is 0 Å².